The molecule has 0 radical (unpaired) electrons. The van der Waals surface area contributed by atoms with E-state index in [4.69, 9.17) is 4.74 Å². The quantitative estimate of drug-likeness (QED) is 0.135. The summed E-state index contributed by atoms with van der Waals surface area (Å²) in [5.74, 6) is -0.0244. The summed E-state index contributed by atoms with van der Waals surface area (Å²) in [5.41, 5.74) is 6.21. The Morgan fingerprint density at radius 2 is 1.11 bits per heavy atom. The van der Waals surface area contributed by atoms with Gasteiger partial charge in [-0.25, -0.2) is 4.79 Å². The number of esters is 1. The molecule has 0 aromatic carbocycles. The van der Waals surface area contributed by atoms with Crippen LogP contribution in [0.4, 0.5) is 0 Å². The maximum Gasteiger partial charge on any atom is 0.330 e. The molecule has 1 saturated heterocycles. The minimum Gasteiger partial charge on any atom is -0.463 e. The summed E-state index contributed by atoms with van der Waals surface area (Å²) < 4.78 is 4.95. The first-order valence-corrected chi connectivity index (χ1v) is 13.5. The van der Waals surface area contributed by atoms with E-state index in [2.05, 4.69) is 45.1 Å². The number of hydrogen-bond donors (Lipinski definition) is 0. The van der Waals surface area contributed by atoms with Crippen LogP contribution in [0.5, 0.6) is 0 Å². The summed E-state index contributed by atoms with van der Waals surface area (Å²) in [4.78, 5) is 25.8. The average Bonchev–Trinajstić information content (AvgIpc) is 3.33. The number of hydrogen-bond acceptors (Lipinski definition) is 3. The van der Waals surface area contributed by atoms with E-state index in [0.29, 0.717) is 6.61 Å². The number of ether oxygens (including phenoxy) is 1. The molecule has 0 spiro atoms. The Morgan fingerprint density at radius 3 is 1.57 bits per heavy atom. The maximum absolute atomic E-state index is 12.3. The first kappa shape index (κ1) is 30.7. The predicted octanol–water partition coefficient (Wildman–Crippen LogP) is 8.02. The third-order valence-electron chi connectivity index (χ3n) is 6.47. The van der Waals surface area contributed by atoms with Crippen molar-refractivity contribution in [1.29, 1.82) is 0 Å². The molecule has 0 aromatic heterocycles. The molecule has 1 rings (SSSR count). The van der Waals surface area contributed by atoms with E-state index in [9.17, 15) is 9.59 Å². The molecular weight excluding hydrogens is 434 g/mol. The lowest BCUT2D eigenvalue weighted by atomic mass is 10.0. The zero-order valence-electron chi connectivity index (χ0n) is 23.3. The van der Waals surface area contributed by atoms with Gasteiger partial charge in [-0.15, -0.1) is 0 Å². The van der Waals surface area contributed by atoms with Crippen molar-refractivity contribution in [3.63, 3.8) is 0 Å². The number of nitrogens with zero attached hydrogens (tertiary/aromatic N) is 1. The fourth-order valence-corrected chi connectivity index (χ4v) is 4.18. The van der Waals surface area contributed by atoms with E-state index in [1.807, 2.05) is 25.7 Å². The molecule has 1 amide bonds. The van der Waals surface area contributed by atoms with Gasteiger partial charge >= 0.3 is 5.97 Å². The smallest absolute Gasteiger partial charge is 0.330 e. The monoisotopic (exact) mass is 483 g/mol. The van der Waals surface area contributed by atoms with Crippen molar-refractivity contribution < 1.29 is 14.3 Å². The van der Waals surface area contributed by atoms with Crippen LogP contribution in [-0.4, -0.2) is 36.5 Å². The highest BCUT2D eigenvalue weighted by Crippen LogP contribution is 2.16. The largest absolute Gasteiger partial charge is 0.463 e. The molecular formula is C31H49NO3. The predicted molar refractivity (Wildman–Crippen MR) is 148 cm³/mol. The van der Waals surface area contributed by atoms with E-state index in [0.717, 1.165) is 88.4 Å². The highest BCUT2D eigenvalue weighted by atomic mass is 16.5. The Balaban J connectivity index is 2.26. The molecule has 1 heterocycles. The fourth-order valence-electron chi connectivity index (χ4n) is 4.18. The minimum atomic E-state index is -0.243. The molecule has 1 aliphatic rings. The lowest BCUT2D eigenvalue weighted by molar-refractivity contribution is -0.137. The number of rotatable bonds is 15. The lowest BCUT2D eigenvalue weighted by Crippen LogP contribution is -2.28. The zero-order chi connectivity index (χ0) is 26.1. The Bertz CT molecular complexity index is 820. The van der Waals surface area contributed by atoms with Crippen LogP contribution in [0.15, 0.2) is 58.2 Å². The van der Waals surface area contributed by atoms with Crippen LogP contribution in [0, 0.1) is 0 Å². The van der Waals surface area contributed by atoms with E-state index in [1.165, 1.54) is 16.7 Å². The number of carbonyl (C=O) groups is 2. The topological polar surface area (TPSA) is 46.6 Å². The Hall–Kier alpha value is -2.36. The molecule has 35 heavy (non-hydrogen) atoms. The van der Waals surface area contributed by atoms with E-state index in [-0.39, 0.29) is 11.9 Å². The molecule has 0 unspecified atom stereocenters. The molecule has 0 bridgehead atoms. The summed E-state index contributed by atoms with van der Waals surface area (Å²) >= 11 is 0. The van der Waals surface area contributed by atoms with Crippen LogP contribution in [0.1, 0.15) is 106 Å². The molecule has 0 N–H and O–H groups in total. The number of carbonyl (C=O) groups excluding carboxylic acids is 2. The lowest BCUT2D eigenvalue weighted by Gasteiger charge is -2.15. The second-order valence-electron chi connectivity index (χ2n) is 9.94. The Labute approximate surface area is 214 Å². The van der Waals surface area contributed by atoms with Gasteiger partial charge in [0.1, 0.15) is 0 Å². The van der Waals surface area contributed by atoms with Gasteiger partial charge in [0, 0.05) is 24.7 Å². The number of allylic oxidation sites excluding steroid dienone is 8. The van der Waals surface area contributed by atoms with E-state index < -0.39 is 0 Å². The van der Waals surface area contributed by atoms with Crippen LogP contribution in [0.25, 0.3) is 0 Å². The van der Waals surface area contributed by atoms with Crippen LogP contribution >= 0.6 is 0 Å². The summed E-state index contributed by atoms with van der Waals surface area (Å²) in [6.45, 7) is 14.6. The first-order chi connectivity index (χ1) is 16.7. The minimum absolute atomic E-state index is 0.218. The summed E-state index contributed by atoms with van der Waals surface area (Å²) in [7, 11) is 0. The van der Waals surface area contributed by atoms with Crippen LogP contribution in [0.3, 0.4) is 0 Å². The zero-order valence-corrected chi connectivity index (χ0v) is 23.3. The van der Waals surface area contributed by atoms with Gasteiger partial charge in [-0.05, 0) is 106 Å². The molecule has 0 aliphatic carbocycles. The number of amides is 1. The fraction of sp³-hybridized carbons (Fsp3) is 0.613. The van der Waals surface area contributed by atoms with Gasteiger partial charge in [-0.3, -0.25) is 4.79 Å². The standard InChI is InChI=1S/C31H49NO3/c1-7-35-30(33)24-28(5)20-12-18-26(3)16-10-14-25(2)15-11-17-27(4)19-13-21-29(6)31(34)32-22-8-9-23-32/h14,17-18,21,24H,7-13,15-16,19-20,22-23H2,1-6H3. The van der Waals surface area contributed by atoms with Crippen molar-refractivity contribution in [3.05, 3.63) is 58.2 Å². The molecule has 1 aliphatic heterocycles. The molecule has 0 atom stereocenters. The van der Waals surface area contributed by atoms with Crippen molar-refractivity contribution in [2.45, 2.75) is 106 Å². The highest BCUT2D eigenvalue weighted by Gasteiger charge is 2.18. The summed E-state index contributed by atoms with van der Waals surface area (Å²) in [6, 6.07) is 0. The molecule has 0 saturated carbocycles. The van der Waals surface area contributed by atoms with Crippen LogP contribution in [-0.2, 0) is 14.3 Å². The van der Waals surface area contributed by atoms with E-state index >= 15 is 0 Å². The van der Waals surface area contributed by atoms with E-state index in [1.54, 1.807) is 6.08 Å². The average molecular weight is 484 g/mol. The van der Waals surface area contributed by atoms with Gasteiger partial charge in [0.25, 0.3) is 0 Å². The van der Waals surface area contributed by atoms with Crippen molar-refractivity contribution in [2.24, 2.45) is 0 Å². The van der Waals surface area contributed by atoms with Crippen molar-refractivity contribution in [1.82, 2.24) is 4.90 Å². The van der Waals surface area contributed by atoms with Gasteiger partial charge < -0.3 is 9.64 Å². The third kappa shape index (κ3) is 14.6. The van der Waals surface area contributed by atoms with Crippen molar-refractivity contribution >= 4 is 11.9 Å². The van der Waals surface area contributed by atoms with Gasteiger partial charge in [0.2, 0.25) is 5.91 Å². The molecule has 1 fully saturated rings. The third-order valence-corrected chi connectivity index (χ3v) is 6.47. The molecule has 4 nitrogen and oxygen atoms in total. The van der Waals surface area contributed by atoms with Crippen LogP contribution in [0.2, 0.25) is 0 Å². The Morgan fingerprint density at radius 1 is 0.686 bits per heavy atom. The van der Waals surface area contributed by atoms with Gasteiger partial charge in [0.05, 0.1) is 6.61 Å². The highest BCUT2D eigenvalue weighted by molar-refractivity contribution is 5.92. The SMILES string of the molecule is CCOC(=O)C=C(C)CCC=C(C)CCC=C(C)CCC=C(C)CCC=C(C)C(=O)N1CCCC1. The maximum atomic E-state index is 12.3. The van der Waals surface area contributed by atoms with Gasteiger partial charge in [0.15, 0.2) is 0 Å². The second-order valence-corrected chi connectivity index (χ2v) is 9.94. The molecule has 4 heteroatoms. The van der Waals surface area contributed by atoms with Crippen molar-refractivity contribution in [2.75, 3.05) is 19.7 Å². The molecule has 0 aromatic rings. The molecule has 196 valence electrons. The van der Waals surface area contributed by atoms with Crippen molar-refractivity contribution in [3.8, 4) is 0 Å². The Kier molecular flexibility index (Phi) is 15.8. The van der Waals surface area contributed by atoms with Gasteiger partial charge in [-0.2, -0.15) is 0 Å². The van der Waals surface area contributed by atoms with Gasteiger partial charge in [-0.1, -0.05) is 46.6 Å². The second kappa shape index (κ2) is 18.0. The number of likely N-dealkylation sites (tertiary alicyclic amines) is 1. The summed E-state index contributed by atoms with van der Waals surface area (Å²) in [5, 5.41) is 0. The normalized spacial score (nSPS) is 16.2. The summed E-state index contributed by atoms with van der Waals surface area (Å²) in [6.07, 6.45) is 21.1. The first-order valence-electron chi connectivity index (χ1n) is 13.5. The van der Waals surface area contributed by atoms with Crippen LogP contribution < -0.4 is 0 Å².